The Balaban J connectivity index is 0.00000312. The first kappa shape index (κ1) is 21.5. The van der Waals surface area contributed by atoms with E-state index < -0.39 is 35.3 Å². The van der Waals surface area contributed by atoms with Crippen LogP contribution in [0, 0.1) is 0 Å². The molecule has 2 rings (SSSR count). The van der Waals surface area contributed by atoms with Gasteiger partial charge < -0.3 is 10.4 Å². The molecule has 2 N–H and O–H groups in total. The van der Waals surface area contributed by atoms with E-state index in [4.69, 9.17) is 16.7 Å². The molecule has 1 aromatic carbocycles. The molecule has 25 heavy (non-hydrogen) atoms. The molecule has 1 aliphatic rings. The SMILES string of the molecule is Cl.O=C(CN1CCCCC1C(=O)O)Nc1ccc(Cl)cc1C(F)(F)F. The van der Waals surface area contributed by atoms with E-state index in [2.05, 4.69) is 5.32 Å². The molecule has 140 valence electrons. The standard InChI is InChI=1S/C15H16ClF3N2O3.ClH/c16-9-4-5-11(10(7-9)15(17,18)19)20-13(22)8-21-6-2-1-3-12(21)14(23)24;/h4-5,7,12H,1-3,6,8H2,(H,20,22)(H,23,24);1H. The lowest BCUT2D eigenvalue weighted by Gasteiger charge is -2.32. The van der Waals surface area contributed by atoms with Crippen molar-refractivity contribution in [3.8, 4) is 0 Å². The average Bonchev–Trinajstić information content (AvgIpc) is 2.48. The van der Waals surface area contributed by atoms with Crippen LogP contribution in [-0.2, 0) is 15.8 Å². The Morgan fingerprint density at radius 2 is 2.00 bits per heavy atom. The monoisotopic (exact) mass is 400 g/mol. The van der Waals surface area contributed by atoms with Crippen molar-refractivity contribution in [3.63, 3.8) is 0 Å². The number of benzene rings is 1. The number of hydrogen-bond donors (Lipinski definition) is 2. The second-order valence-corrected chi connectivity index (χ2v) is 5.99. The average molecular weight is 401 g/mol. The number of aliphatic carboxylic acids is 1. The summed E-state index contributed by atoms with van der Waals surface area (Å²) in [6.07, 6.45) is -2.77. The van der Waals surface area contributed by atoms with Gasteiger partial charge in [-0.15, -0.1) is 12.4 Å². The highest BCUT2D eigenvalue weighted by molar-refractivity contribution is 6.30. The van der Waals surface area contributed by atoms with Gasteiger partial charge in [-0.3, -0.25) is 14.5 Å². The Labute approximate surface area is 153 Å². The molecule has 1 fully saturated rings. The molecule has 0 radical (unpaired) electrons. The molecule has 0 spiro atoms. The number of likely N-dealkylation sites (tertiary alicyclic amines) is 1. The van der Waals surface area contributed by atoms with Gasteiger partial charge in [-0.1, -0.05) is 18.0 Å². The number of carboxylic acids is 1. The molecule has 1 unspecified atom stereocenters. The van der Waals surface area contributed by atoms with Crippen LogP contribution in [0.4, 0.5) is 18.9 Å². The predicted octanol–water partition coefficient (Wildman–Crippen LogP) is 3.66. The van der Waals surface area contributed by atoms with E-state index in [1.165, 1.54) is 11.0 Å². The van der Waals surface area contributed by atoms with Gasteiger partial charge in [0.15, 0.2) is 0 Å². The Morgan fingerprint density at radius 3 is 2.60 bits per heavy atom. The van der Waals surface area contributed by atoms with Crippen LogP contribution in [0.5, 0.6) is 0 Å². The molecule has 0 saturated carbocycles. The number of amides is 1. The maximum atomic E-state index is 13.0. The third-order valence-corrected chi connectivity index (χ3v) is 4.04. The number of alkyl halides is 3. The van der Waals surface area contributed by atoms with Crippen molar-refractivity contribution in [1.82, 2.24) is 4.90 Å². The molecule has 1 heterocycles. The normalized spacial score (nSPS) is 18.3. The van der Waals surface area contributed by atoms with E-state index in [1.807, 2.05) is 0 Å². The Morgan fingerprint density at radius 1 is 1.32 bits per heavy atom. The number of carbonyl (C=O) groups is 2. The summed E-state index contributed by atoms with van der Waals surface area (Å²) in [7, 11) is 0. The van der Waals surface area contributed by atoms with E-state index in [9.17, 15) is 22.8 Å². The van der Waals surface area contributed by atoms with E-state index >= 15 is 0 Å². The Hall–Kier alpha value is -1.51. The lowest BCUT2D eigenvalue weighted by Crippen LogP contribution is -2.47. The summed E-state index contributed by atoms with van der Waals surface area (Å²) in [5.74, 6) is -1.74. The number of nitrogens with zero attached hydrogens (tertiary/aromatic N) is 1. The summed E-state index contributed by atoms with van der Waals surface area (Å²) in [5.41, 5.74) is -1.45. The minimum Gasteiger partial charge on any atom is -0.480 e. The topological polar surface area (TPSA) is 69.6 Å². The lowest BCUT2D eigenvalue weighted by molar-refractivity contribution is -0.145. The molecule has 0 aromatic heterocycles. The molecule has 1 aliphatic heterocycles. The summed E-state index contributed by atoms with van der Waals surface area (Å²) >= 11 is 5.58. The Bertz CT molecular complexity index is 641. The summed E-state index contributed by atoms with van der Waals surface area (Å²) in [4.78, 5) is 24.7. The van der Waals surface area contributed by atoms with Crippen LogP contribution in [0.1, 0.15) is 24.8 Å². The van der Waals surface area contributed by atoms with Crippen LogP contribution in [0.15, 0.2) is 18.2 Å². The molecule has 1 atom stereocenters. The van der Waals surface area contributed by atoms with E-state index in [0.29, 0.717) is 13.0 Å². The van der Waals surface area contributed by atoms with Gasteiger partial charge in [-0.05, 0) is 37.6 Å². The summed E-state index contributed by atoms with van der Waals surface area (Å²) in [5, 5.41) is 11.3. The molecule has 5 nitrogen and oxygen atoms in total. The van der Waals surface area contributed by atoms with E-state index in [-0.39, 0.29) is 24.0 Å². The second kappa shape index (κ2) is 8.73. The van der Waals surface area contributed by atoms with Gasteiger partial charge in [-0.25, -0.2) is 0 Å². The maximum absolute atomic E-state index is 13.0. The highest BCUT2D eigenvalue weighted by Gasteiger charge is 2.35. The third kappa shape index (κ3) is 5.76. The minimum atomic E-state index is -4.66. The second-order valence-electron chi connectivity index (χ2n) is 5.56. The van der Waals surface area contributed by atoms with Crippen molar-refractivity contribution in [2.45, 2.75) is 31.5 Å². The van der Waals surface area contributed by atoms with Crippen LogP contribution in [0.2, 0.25) is 5.02 Å². The molecular formula is C15H17Cl2F3N2O3. The fourth-order valence-corrected chi connectivity index (χ4v) is 2.87. The first-order chi connectivity index (χ1) is 11.2. The minimum absolute atomic E-state index is 0. The zero-order valence-corrected chi connectivity index (χ0v) is 14.5. The number of nitrogens with one attached hydrogen (secondary N) is 1. The summed E-state index contributed by atoms with van der Waals surface area (Å²) < 4.78 is 39.0. The number of carbonyl (C=O) groups excluding carboxylic acids is 1. The zero-order valence-electron chi connectivity index (χ0n) is 13.0. The molecular weight excluding hydrogens is 384 g/mol. The van der Waals surface area contributed by atoms with Crippen LogP contribution in [0.3, 0.4) is 0 Å². The predicted molar refractivity (Wildman–Crippen MR) is 89.2 cm³/mol. The van der Waals surface area contributed by atoms with Crippen molar-refractivity contribution in [2.75, 3.05) is 18.4 Å². The van der Waals surface area contributed by atoms with Crippen molar-refractivity contribution in [2.24, 2.45) is 0 Å². The molecule has 1 saturated heterocycles. The first-order valence-electron chi connectivity index (χ1n) is 7.32. The zero-order chi connectivity index (χ0) is 17.9. The first-order valence-corrected chi connectivity index (χ1v) is 7.69. The van der Waals surface area contributed by atoms with Crippen LogP contribution in [0.25, 0.3) is 0 Å². The quantitative estimate of drug-likeness (QED) is 0.808. The number of piperidine rings is 1. The molecule has 1 amide bonds. The van der Waals surface area contributed by atoms with Gasteiger partial charge in [0, 0.05) is 5.02 Å². The van der Waals surface area contributed by atoms with Crippen LogP contribution < -0.4 is 5.32 Å². The largest absolute Gasteiger partial charge is 0.480 e. The molecule has 0 aliphatic carbocycles. The van der Waals surface area contributed by atoms with Gasteiger partial charge in [0.05, 0.1) is 17.8 Å². The maximum Gasteiger partial charge on any atom is 0.418 e. The van der Waals surface area contributed by atoms with Gasteiger partial charge in [-0.2, -0.15) is 13.2 Å². The van der Waals surface area contributed by atoms with Crippen molar-refractivity contribution < 1.29 is 27.9 Å². The molecule has 10 heteroatoms. The highest BCUT2D eigenvalue weighted by atomic mass is 35.5. The highest BCUT2D eigenvalue weighted by Crippen LogP contribution is 2.36. The fourth-order valence-electron chi connectivity index (χ4n) is 2.69. The van der Waals surface area contributed by atoms with E-state index in [1.54, 1.807) is 0 Å². The van der Waals surface area contributed by atoms with E-state index in [0.717, 1.165) is 25.0 Å². The molecule has 0 bridgehead atoms. The summed E-state index contributed by atoms with van der Waals surface area (Å²) in [6, 6.07) is 2.26. The Kier molecular flexibility index (Phi) is 7.52. The fraction of sp³-hybridized carbons (Fsp3) is 0.467. The van der Waals surface area contributed by atoms with Gasteiger partial charge >= 0.3 is 12.1 Å². The van der Waals surface area contributed by atoms with Crippen molar-refractivity contribution >= 4 is 41.6 Å². The van der Waals surface area contributed by atoms with Crippen molar-refractivity contribution in [3.05, 3.63) is 28.8 Å². The molecule has 1 aromatic rings. The number of carboxylic acid groups (broad SMARTS) is 1. The number of anilines is 1. The lowest BCUT2D eigenvalue weighted by atomic mass is 10.0. The van der Waals surface area contributed by atoms with Crippen molar-refractivity contribution in [1.29, 1.82) is 0 Å². The third-order valence-electron chi connectivity index (χ3n) is 3.81. The van der Waals surface area contributed by atoms with Crippen LogP contribution >= 0.6 is 24.0 Å². The van der Waals surface area contributed by atoms with Gasteiger partial charge in [0.25, 0.3) is 0 Å². The van der Waals surface area contributed by atoms with Gasteiger partial charge in [0.1, 0.15) is 6.04 Å². The number of halogens is 5. The number of hydrogen-bond acceptors (Lipinski definition) is 3. The van der Waals surface area contributed by atoms with Gasteiger partial charge in [0.2, 0.25) is 5.91 Å². The smallest absolute Gasteiger partial charge is 0.418 e. The summed E-state index contributed by atoms with van der Waals surface area (Å²) in [6.45, 7) is 0.133. The van der Waals surface area contributed by atoms with Crippen LogP contribution in [-0.4, -0.2) is 41.0 Å². The number of rotatable bonds is 4.